The Kier molecular flexibility index (Phi) is 23.6. The highest BCUT2D eigenvalue weighted by Crippen LogP contribution is 2.42. The minimum atomic E-state index is -2.44. The zero-order valence-corrected chi connectivity index (χ0v) is 80.1. The summed E-state index contributed by atoms with van der Waals surface area (Å²) in [5.74, 6) is -2.40. The molecule has 0 aliphatic rings. The first kappa shape index (κ1) is 77.8. The van der Waals surface area contributed by atoms with Crippen LogP contribution in [0.1, 0.15) is 189 Å². The second kappa shape index (κ2) is 40.4. The topological polar surface area (TPSA) is 101 Å². The molecule has 12 heteroatoms. The van der Waals surface area contributed by atoms with Crippen LogP contribution in [0.4, 0.5) is 0 Å². The molecule has 0 aliphatic carbocycles. The normalized spacial score (nSPS) is 14.1. The van der Waals surface area contributed by atoms with Crippen LogP contribution < -0.4 is 27.4 Å². The van der Waals surface area contributed by atoms with Crippen LogP contribution in [0.3, 0.4) is 0 Å². The molecule has 0 spiro atoms. The van der Waals surface area contributed by atoms with Crippen molar-refractivity contribution in [1.29, 1.82) is 0 Å². The third kappa shape index (κ3) is 20.0. The van der Waals surface area contributed by atoms with Gasteiger partial charge in [-0.2, -0.15) is 4.57 Å². The highest BCUT2D eigenvalue weighted by atomic mass is 16.3. The van der Waals surface area contributed by atoms with Gasteiger partial charge in [-0.3, -0.25) is 0 Å². The highest BCUT2D eigenvalue weighted by Gasteiger charge is 2.28. The largest absolute Gasteiger partial charge is 0.437 e. The molecule has 0 bridgehead atoms. The van der Waals surface area contributed by atoms with E-state index in [-0.39, 0.29) is 7.43 Å². The number of nitrogens with zero attached hydrogens (tertiary/aromatic N) is 9. The monoisotopic (exact) mass is 1770 g/mol. The summed E-state index contributed by atoms with van der Waals surface area (Å²) in [5, 5.41) is 9.57. The molecule has 20 rings (SSSR count). The number of fused-ring (bicyclic) bond motifs is 11. The molecular formula is C121H133N9O3+6. The summed E-state index contributed by atoms with van der Waals surface area (Å²) in [5.41, 5.74) is 32.5. The van der Waals surface area contributed by atoms with Gasteiger partial charge in [0, 0.05) is 152 Å². The van der Waals surface area contributed by atoms with Crippen molar-refractivity contribution in [2.75, 3.05) is 0 Å². The third-order valence-electron chi connectivity index (χ3n) is 25.4. The molecule has 0 saturated carbocycles. The maximum absolute atomic E-state index is 8.47. The molecule has 12 aromatic heterocycles. The zero-order valence-electron chi connectivity index (χ0n) is 94.1. The summed E-state index contributed by atoms with van der Waals surface area (Å²) in [6.45, 7) is 22.9. The van der Waals surface area contributed by atoms with E-state index < -0.39 is 39.2 Å². The maximum atomic E-state index is 8.47. The van der Waals surface area contributed by atoms with Gasteiger partial charge in [0.1, 0.15) is 42.3 Å². The molecule has 12 heterocycles. The van der Waals surface area contributed by atoms with Crippen LogP contribution in [0.5, 0.6) is 0 Å². The molecule has 0 N–H and O–H groups in total. The predicted molar refractivity (Wildman–Crippen MR) is 553 cm³/mol. The highest BCUT2D eigenvalue weighted by molar-refractivity contribution is 6.11. The van der Waals surface area contributed by atoms with Gasteiger partial charge in [-0.15, -0.1) is 0 Å². The standard InChI is InChI=1S/C23H28N.C22H23N2O.C22H26N.C21H21N2O.C19H17N2O.C13H14N.CH4/c1-15(2)12-19-8-7-9-22-20(19)10-11-23(24(22)6)21-14-16(3)13-17(4)18(21)5;1-13(2)16-10-11-24(5)19(12-16)20-14(3)6-8-17-18-9-7-15(4)23-22(18)25-21(17)20;1-14(2)19-8-7-18-9-10-23(6)22(21(18)13-19)20-12-15(3)11-16(4)17(20)5;1-13(2)15-9-11-23(4)18(12-15)19-14(3)7-8-16-17-6-5-10-22-21(17)24-20(16)19;1-12-7-9-14-15-10-8-13(2)20-19(15)22-18(14)17(12)16-6-4-5-11-21(16)3;1-11-7-3-4-8-12(11)13-9-5-6-10-14(13)2;/h7-11,13-15H,12H2,1-6H3;6-13H,1-5H3;7-14H,1-6H3;5-13H,1-4H3;4-11H,1-3H3;3-10H,1-2H3;1H4/q6*+1;/i3D3;1D3,13D;3D3;1D3,13D;;;. The second-order valence-electron chi connectivity index (χ2n) is 35.9. The fraction of sp³-hybridized carbons (Fsp3) is 0.264. The molecule has 674 valence electrons. The number of hydrogen-bond acceptors (Lipinski definition) is 6. The van der Waals surface area contributed by atoms with Crippen LogP contribution in [0.25, 0.3) is 155 Å². The molecule has 20 aromatic rings. The van der Waals surface area contributed by atoms with E-state index >= 15 is 0 Å². The molecule has 12 nitrogen and oxygen atoms in total. The minimum Gasteiger partial charge on any atom is -0.437 e. The molecule has 0 radical (unpaired) electrons. The van der Waals surface area contributed by atoms with E-state index in [2.05, 4.69) is 243 Å². The molecule has 133 heavy (non-hydrogen) atoms. The van der Waals surface area contributed by atoms with Gasteiger partial charge in [0.2, 0.25) is 56.8 Å². The van der Waals surface area contributed by atoms with Crippen LogP contribution in [-0.4, -0.2) is 15.0 Å². The van der Waals surface area contributed by atoms with Crippen molar-refractivity contribution in [2.45, 2.75) is 170 Å². The first-order valence-electron chi connectivity index (χ1n) is 52.1. The Morgan fingerprint density at radius 1 is 0.346 bits per heavy atom. The zero-order chi connectivity index (χ0) is 106. The second-order valence-corrected chi connectivity index (χ2v) is 35.9. The Bertz CT molecular complexity index is 8350. The molecule has 0 aliphatic heterocycles. The van der Waals surface area contributed by atoms with E-state index in [9.17, 15) is 0 Å². The first-order chi connectivity index (χ1) is 68.7. The fourth-order valence-electron chi connectivity index (χ4n) is 17.8. The van der Waals surface area contributed by atoms with Gasteiger partial charge in [0.05, 0.1) is 27.6 Å². The lowest BCUT2D eigenvalue weighted by Crippen LogP contribution is -2.32. The summed E-state index contributed by atoms with van der Waals surface area (Å²) in [7, 11) is 12.0. The van der Waals surface area contributed by atoms with Crippen molar-refractivity contribution in [3.8, 4) is 67.5 Å². The smallest absolute Gasteiger partial charge is 0.227 e. The number of hydrogen-bond donors (Lipinski definition) is 0. The van der Waals surface area contributed by atoms with E-state index in [1.165, 1.54) is 63.6 Å². The quantitative estimate of drug-likeness (QED) is 0.120. The summed E-state index contributed by atoms with van der Waals surface area (Å²) >= 11 is 0. The fourth-order valence-corrected chi connectivity index (χ4v) is 17.8. The van der Waals surface area contributed by atoms with Gasteiger partial charge in [-0.25, -0.2) is 37.8 Å². The number of aryl methyl sites for hydroxylation is 16. The summed E-state index contributed by atoms with van der Waals surface area (Å²) in [4.78, 5) is 13.4. The van der Waals surface area contributed by atoms with Gasteiger partial charge in [0.25, 0.3) is 0 Å². The molecular weight excluding hydrogens is 1630 g/mol. The molecule has 0 saturated heterocycles. The first-order valence-corrected chi connectivity index (χ1v) is 45.1. The SMILES string of the molecule is C.Cc1ccc2c(n1)oc1c(-c3cccc[n+]3C)c(C)ccc12.Cc1ccccc1-c1cccc[n+]1C.[2H]C([2H])([2H])C([2H])(C)c1cc[n+](C)c(-c2c(C)ccc3c2oc2nc(C)ccc23)c1.[2H]C([2H])([2H])C([2H])(C)c1cc[n+](C)c(-c2c(C)ccc3c2oc2ncccc23)c1.[2H]C([2H])([2H])c1cc(C)c(C)c(-c2c3cc(C(C)C)ccc3cc[n+]2C)c1.[2H]C([2H])([2H])c1cc(C)c(C)c(-c2ccc3c(CC(C)C)cccc3[n+]2C)c1. The van der Waals surface area contributed by atoms with E-state index in [1.54, 1.807) is 55.0 Å². The summed E-state index contributed by atoms with van der Waals surface area (Å²) in [6, 6.07) is 78.8. The van der Waals surface area contributed by atoms with Gasteiger partial charge >= 0.3 is 0 Å². The van der Waals surface area contributed by atoms with E-state index in [4.69, 9.17) is 32.4 Å². The molecule has 0 fully saturated rings. The lowest BCUT2D eigenvalue weighted by atomic mass is 9.92. The average molecular weight is 1780 g/mol. The Labute approximate surface area is 807 Å². The van der Waals surface area contributed by atoms with Crippen LogP contribution in [-0.2, 0) is 48.7 Å². The van der Waals surface area contributed by atoms with Crippen molar-refractivity contribution in [2.24, 2.45) is 48.2 Å². The van der Waals surface area contributed by atoms with E-state index in [0.29, 0.717) is 62.4 Å². The van der Waals surface area contributed by atoms with E-state index in [1.807, 2.05) is 157 Å². The Hall–Kier alpha value is -14.0. The molecule has 2 unspecified atom stereocenters. The Morgan fingerprint density at radius 2 is 0.827 bits per heavy atom. The van der Waals surface area contributed by atoms with Gasteiger partial charge in [-0.1, -0.05) is 165 Å². The van der Waals surface area contributed by atoms with Gasteiger partial charge in [-0.05, 0) is 264 Å². The number of furan rings is 3. The van der Waals surface area contributed by atoms with Crippen molar-refractivity contribution in [1.82, 2.24) is 15.0 Å². The summed E-state index contributed by atoms with van der Waals surface area (Å²) in [6.07, 6.45) is 12.5. The average Bonchev–Trinajstić information content (AvgIpc) is 1.68. The minimum absolute atomic E-state index is 0. The van der Waals surface area contributed by atoms with Crippen molar-refractivity contribution >= 4 is 87.9 Å². The van der Waals surface area contributed by atoms with Crippen LogP contribution >= 0.6 is 0 Å². The number of benzene rings is 8. The number of rotatable bonds is 11. The molecule has 2 atom stereocenters. The third-order valence-corrected chi connectivity index (χ3v) is 25.4. The van der Waals surface area contributed by atoms with Crippen LogP contribution in [0.15, 0.2) is 287 Å². The number of aromatic nitrogens is 9. The molecule has 8 aromatic carbocycles. The lowest BCUT2D eigenvalue weighted by Gasteiger charge is -2.13. The van der Waals surface area contributed by atoms with Crippen LogP contribution in [0, 0.1) is 88.9 Å². The van der Waals surface area contributed by atoms with Crippen molar-refractivity contribution in [3.05, 3.63) is 363 Å². The van der Waals surface area contributed by atoms with Crippen LogP contribution in [0.2, 0.25) is 0 Å². The summed E-state index contributed by atoms with van der Waals surface area (Å²) < 4.78 is 141. The predicted octanol–water partition coefficient (Wildman–Crippen LogP) is 28.2. The van der Waals surface area contributed by atoms with E-state index in [0.717, 1.165) is 151 Å². The Balaban J connectivity index is 0.000000141. The van der Waals surface area contributed by atoms with Gasteiger partial charge < -0.3 is 13.3 Å². The lowest BCUT2D eigenvalue weighted by molar-refractivity contribution is -0.660. The van der Waals surface area contributed by atoms with Gasteiger partial charge in [0.15, 0.2) is 47.7 Å². The van der Waals surface area contributed by atoms with Crippen molar-refractivity contribution < 1.29 is 59.8 Å². The number of pyridine rings is 9. The van der Waals surface area contributed by atoms with Crippen molar-refractivity contribution in [3.63, 3.8) is 0 Å². The molecule has 0 amide bonds. The maximum Gasteiger partial charge on any atom is 0.227 e. The Morgan fingerprint density at radius 3 is 1.35 bits per heavy atom.